The zero-order valence-corrected chi connectivity index (χ0v) is 18.5. The van der Waals surface area contributed by atoms with Gasteiger partial charge in [-0.05, 0) is 39.0 Å². The lowest BCUT2D eigenvalue weighted by atomic mass is 10.1. The second-order valence-electron chi connectivity index (χ2n) is 7.43. The van der Waals surface area contributed by atoms with Crippen molar-refractivity contribution in [3.63, 3.8) is 0 Å². The molecule has 0 unspecified atom stereocenters. The molecule has 4 aromatic rings. The Morgan fingerprint density at radius 1 is 1.16 bits per heavy atom. The summed E-state index contributed by atoms with van der Waals surface area (Å²) in [7, 11) is 1.61. The van der Waals surface area contributed by atoms with Crippen LogP contribution in [0.1, 0.15) is 35.9 Å². The third kappa shape index (κ3) is 3.94. The average Bonchev–Trinajstić information content (AvgIpc) is 3.22. The van der Waals surface area contributed by atoms with E-state index in [-0.39, 0.29) is 17.3 Å². The maximum absolute atomic E-state index is 13.1. The predicted molar refractivity (Wildman–Crippen MR) is 123 cm³/mol. The maximum Gasteiger partial charge on any atom is 0.278 e. The van der Waals surface area contributed by atoms with Crippen LogP contribution in [-0.2, 0) is 0 Å². The summed E-state index contributed by atoms with van der Waals surface area (Å²) in [4.78, 5) is 30.3. The Morgan fingerprint density at radius 3 is 2.61 bits per heavy atom. The highest BCUT2D eigenvalue weighted by Gasteiger charge is 2.19. The first-order chi connectivity index (χ1) is 14.9. The van der Waals surface area contributed by atoms with Crippen molar-refractivity contribution in [2.45, 2.75) is 26.8 Å². The number of rotatable bonds is 5. The van der Waals surface area contributed by atoms with Gasteiger partial charge in [-0.25, -0.2) is 9.67 Å². The number of hydrogen-bond donors (Lipinski definition) is 1. The zero-order chi connectivity index (χ0) is 22.1. The second kappa shape index (κ2) is 8.31. The molecule has 0 aliphatic carbocycles. The fraction of sp³-hybridized carbons (Fsp3) is 0.217. The van der Waals surface area contributed by atoms with E-state index in [1.807, 2.05) is 44.4 Å². The smallest absolute Gasteiger partial charge is 0.278 e. The predicted octanol–water partition coefficient (Wildman–Crippen LogP) is 4.67. The Hall–Kier alpha value is -3.52. The lowest BCUT2D eigenvalue weighted by molar-refractivity contribution is 0.102. The van der Waals surface area contributed by atoms with Crippen LogP contribution in [0.2, 0.25) is 0 Å². The van der Waals surface area contributed by atoms with Crippen LogP contribution in [0.25, 0.3) is 22.0 Å². The first-order valence-corrected chi connectivity index (χ1v) is 10.7. The number of hydrogen-bond acceptors (Lipinski definition) is 6. The molecule has 0 saturated carbocycles. The Bertz CT molecular complexity index is 1340. The lowest BCUT2D eigenvalue weighted by Gasteiger charge is -2.13. The standard InChI is InChI=1S/C23H22N4O3S/c1-13(2)27-22(29)16-8-6-5-7-15(16)20(26-27)21(28)25-23-24-18(12-31-23)17-11-14(3)9-10-19(17)30-4/h5-13H,1-4H3,(H,24,25,28). The highest BCUT2D eigenvalue weighted by Crippen LogP contribution is 2.33. The number of amides is 1. The quantitative estimate of drug-likeness (QED) is 0.493. The molecule has 0 spiro atoms. The van der Waals surface area contributed by atoms with Gasteiger partial charge in [0.15, 0.2) is 10.8 Å². The Morgan fingerprint density at radius 2 is 1.90 bits per heavy atom. The minimum Gasteiger partial charge on any atom is -0.496 e. The molecule has 0 saturated heterocycles. The summed E-state index contributed by atoms with van der Waals surface area (Å²) < 4.78 is 6.78. The van der Waals surface area contributed by atoms with Gasteiger partial charge in [0.2, 0.25) is 0 Å². The molecule has 0 aliphatic heterocycles. The molecule has 1 amide bonds. The molecule has 1 N–H and O–H groups in total. The number of methoxy groups -OCH3 is 1. The fourth-order valence-corrected chi connectivity index (χ4v) is 4.06. The van der Waals surface area contributed by atoms with Crippen molar-refractivity contribution in [3.8, 4) is 17.0 Å². The van der Waals surface area contributed by atoms with E-state index in [4.69, 9.17) is 4.74 Å². The van der Waals surface area contributed by atoms with Crippen LogP contribution in [0.3, 0.4) is 0 Å². The molecule has 0 fully saturated rings. The van der Waals surface area contributed by atoms with E-state index in [9.17, 15) is 9.59 Å². The van der Waals surface area contributed by atoms with E-state index in [1.54, 1.807) is 31.4 Å². The molecule has 2 heterocycles. The molecule has 0 aliphatic rings. The number of nitrogens with zero attached hydrogens (tertiary/aromatic N) is 3. The van der Waals surface area contributed by atoms with Crippen LogP contribution in [0.15, 0.2) is 52.6 Å². The van der Waals surface area contributed by atoms with Crippen molar-refractivity contribution in [3.05, 3.63) is 69.5 Å². The molecule has 8 heteroatoms. The largest absolute Gasteiger partial charge is 0.496 e. The highest BCUT2D eigenvalue weighted by atomic mass is 32.1. The maximum atomic E-state index is 13.1. The van der Waals surface area contributed by atoms with E-state index in [2.05, 4.69) is 15.4 Å². The molecule has 0 radical (unpaired) electrons. The summed E-state index contributed by atoms with van der Waals surface area (Å²) in [5.41, 5.74) is 2.63. The average molecular weight is 435 g/mol. The number of benzene rings is 2. The van der Waals surface area contributed by atoms with Gasteiger partial charge in [0.25, 0.3) is 11.5 Å². The van der Waals surface area contributed by atoms with Gasteiger partial charge in [-0.3, -0.25) is 14.9 Å². The van der Waals surface area contributed by atoms with Gasteiger partial charge < -0.3 is 4.74 Å². The summed E-state index contributed by atoms with van der Waals surface area (Å²) in [6, 6.07) is 12.7. The molecule has 0 atom stereocenters. The van der Waals surface area contributed by atoms with Crippen molar-refractivity contribution < 1.29 is 9.53 Å². The summed E-state index contributed by atoms with van der Waals surface area (Å²) in [5, 5.41) is 10.5. The Kier molecular flexibility index (Phi) is 5.56. The van der Waals surface area contributed by atoms with E-state index in [0.29, 0.717) is 27.3 Å². The molecule has 0 bridgehead atoms. The first-order valence-electron chi connectivity index (χ1n) is 9.82. The van der Waals surface area contributed by atoms with Crippen LogP contribution in [0, 0.1) is 6.92 Å². The third-order valence-corrected chi connectivity index (χ3v) is 5.65. The van der Waals surface area contributed by atoms with Crippen molar-refractivity contribution in [2.75, 3.05) is 12.4 Å². The lowest BCUT2D eigenvalue weighted by Crippen LogP contribution is -2.28. The summed E-state index contributed by atoms with van der Waals surface area (Å²) in [5.74, 6) is 0.299. The van der Waals surface area contributed by atoms with E-state index >= 15 is 0 Å². The number of aromatic nitrogens is 3. The van der Waals surface area contributed by atoms with Crippen LogP contribution < -0.4 is 15.6 Å². The Labute approximate surface area is 183 Å². The number of carbonyl (C=O) groups is 1. The minimum atomic E-state index is -0.414. The van der Waals surface area contributed by atoms with Crippen molar-refractivity contribution in [1.29, 1.82) is 0 Å². The highest BCUT2D eigenvalue weighted by molar-refractivity contribution is 7.14. The van der Waals surface area contributed by atoms with Crippen LogP contribution in [0.5, 0.6) is 5.75 Å². The van der Waals surface area contributed by atoms with Crippen molar-refractivity contribution in [2.24, 2.45) is 0 Å². The van der Waals surface area contributed by atoms with Gasteiger partial charge in [0.05, 0.1) is 24.2 Å². The van der Waals surface area contributed by atoms with Gasteiger partial charge in [-0.15, -0.1) is 11.3 Å². The summed E-state index contributed by atoms with van der Waals surface area (Å²) in [6.07, 6.45) is 0. The molecule has 7 nitrogen and oxygen atoms in total. The molecule has 2 aromatic carbocycles. The monoisotopic (exact) mass is 434 g/mol. The van der Waals surface area contributed by atoms with Gasteiger partial charge in [-0.1, -0.05) is 29.8 Å². The topological polar surface area (TPSA) is 86.1 Å². The SMILES string of the molecule is COc1ccc(C)cc1-c1csc(NC(=O)c2nn(C(C)C)c(=O)c3ccccc23)n1. The second-order valence-corrected chi connectivity index (χ2v) is 8.29. The van der Waals surface area contributed by atoms with Gasteiger partial charge >= 0.3 is 0 Å². The number of anilines is 1. The molecule has 4 rings (SSSR count). The molecule has 2 aromatic heterocycles. The number of ether oxygens (including phenoxy) is 1. The van der Waals surface area contributed by atoms with E-state index in [0.717, 1.165) is 11.1 Å². The zero-order valence-electron chi connectivity index (χ0n) is 17.7. The number of nitrogens with one attached hydrogen (secondary N) is 1. The van der Waals surface area contributed by atoms with Gasteiger partial charge in [0, 0.05) is 16.3 Å². The number of aryl methyl sites for hydroxylation is 1. The first kappa shape index (κ1) is 20.7. The summed E-state index contributed by atoms with van der Waals surface area (Å²) >= 11 is 1.32. The number of carbonyl (C=O) groups excluding carboxylic acids is 1. The van der Waals surface area contributed by atoms with Crippen molar-refractivity contribution in [1.82, 2.24) is 14.8 Å². The van der Waals surface area contributed by atoms with Crippen molar-refractivity contribution >= 4 is 33.1 Å². The third-order valence-electron chi connectivity index (χ3n) is 4.89. The van der Waals surface area contributed by atoms with E-state index < -0.39 is 5.91 Å². The van der Waals surface area contributed by atoms with Crippen LogP contribution >= 0.6 is 11.3 Å². The van der Waals surface area contributed by atoms with Crippen LogP contribution in [0.4, 0.5) is 5.13 Å². The Balaban J connectivity index is 1.71. The normalized spacial score (nSPS) is 11.1. The minimum absolute atomic E-state index is 0.177. The molecular formula is C23H22N4O3S. The summed E-state index contributed by atoms with van der Waals surface area (Å²) in [6.45, 7) is 5.71. The van der Waals surface area contributed by atoms with Crippen LogP contribution in [-0.4, -0.2) is 27.8 Å². The fourth-order valence-electron chi connectivity index (χ4n) is 3.36. The van der Waals surface area contributed by atoms with Gasteiger partial charge in [0.1, 0.15) is 5.75 Å². The van der Waals surface area contributed by atoms with Gasteiger partial charge in [-0.2, -0.15) is 5.10 Å². The number of thiazole rings is 1. The molecule has 31 heavy (non-hydrogen) atoms. The van der Waals surface area contributed by atoms with E-state index in [1.165, 1.54) is 16.0 Å². The molecular weight excluding hydrogens is 412 g/mol. The molecule has 158 valence electrons. The number of fused-ring (bicyclic) bond motifs is 1.